The van der Waals surface area contributed by atoms with E-state index in [-0.39, 0.29) is 24.1 Å². The molecule has 6 nitrogen and oxygen atoms in total. The van der Waals surface area contributed by atoms with Crippen LogP contribution in [0.3, 0.4) is 0 Å². The second-order valence-corrected chi connectivity index (χ2v) is 6.21. The number of hydrogen-bond acceptors (Lipinski definition) is 5. The summed E-state index contributed by atoms with van der Waals surface area (Å²) in [6, 6.07) is 16.2. The van der Waals surface area contributed by atoms with Crippen molar-refractivity contribution < 1.29 is 18.7 Å². The number of halogens is 1. The zero-order chi connectivity index (χ0) is 20.6. The number of anilines is 3. The summed E-state index contributed by atoms with van der Waals surface area (Å²) < 4.78 is 18.1. The molecule has 0 aliphatic carbocycles. The molecule has 1 aromatic heterocycles. The first kappa shape index (κ1) is 20.0. The van der Waals surface area contributed by atoms with E-state index in [4.69, 9.17) is 4.74 Å². The van der Waals surface area contributed by atoms with E-state index < -0.39 is 0 Å². The maximum atomic E-state index is 13.2. The SMILES string of the molecule is CCOC(=O)c1ccc(Nc2ccc(NC(=O)Cc3cccc(F)c3)nc2)cc1. The molecule has 0 fully saturated rings. The van der Waals surface area contributed by atoms with Gasteiger partial charge < -0.3 is 15.4 Å². The van der Waals surface area contributed by atoms with Gasteiger partial charge in [-0.05, 0) is 61.0 Å². The Morgan fingerprint density at radius 3 is 2.45 bits per heavy atom. The van der Waals surface area contributed by atoms with E-state index in [1.54, 1.807) is 61.7 Å². The van der Waals surface area contributed by atoms with Crippen molar-refractivity contribution in [2.45, 2.75) is 13.3 Å². The van der Waals surface area contributed by atoms with Crippen LogP contribution in [0, 0.1) is 5.82 Å². The molecular weight excluding hydrogens is 373 g/mol. The third-order valence-electron chi connectivity index (χ3n) is 3.97. The smallest absolute Gasteiger partial charge is 0.338 e. The molecule has 0 atom stereocenters. The van der Waals surface area contributed by atoms with E-state index in [2.05, 4.69) is 15.6 Å². The first-order chi connectivity index (χ1) is 14.0. The summed E-state index contributed by atoms with van der Waals surface area (Å²) in [6.45, 7) is 2.09. The summed E-state index contributed by atoms with van der Waals surface area (Å²) >= 11 is 0. The second kappa shape index (κ2) is 9.45. The highest BCUT2D eigenvalue weighted by atomic mass is 19.1. The number of hydrogen-bond donors (Lipinski definition) is 2. The van der Waals surface area contributed by atoms with Gasteiger partial charge >= 0.3 is 5.97 Å². The number of nitrogens with zero attached hydrogens (tertiary/aromatic N) is 1. The van der Waals surface area contributed by atoms with Gasteiger partial charge in [0.05, 0.1) is 30.5 Å². The zero-order valence-electron chi connectivity index (χ0n) is 15.8. The lowest BCUT2D eigenvalue weighted by Gasteiger charge is -2.09. The van der Waals surface area contributed by atoms with Crippen molar-refractivity contribution in [3.8, 4) is 0 Å². The van der Waals surface area contributed by atoms with Crippen molar-refractivity contribution in [1.82, 2.24) is 4.98 Å². The highest BCUT2D eigenvalue weighted by molar-refractivity contribution is 5.91. The van der Waals surface area contributed by atoms with E-state index in [0.29, 0.717) is 23.6 Å². The van der Waals surface area contributed by atoms with Gasteiger partial charge in [-0.2, -0.15) is 0 Å². The number of ether oxygens (including phenoxy) is 1. The Hall–Kier alpha value is -3.74. The largest absolute Gasteiger partial charge is 0.462 e. The topological polar surface area (TPSA) is 80.3 Å². The fourth-order valence-electron chi connectivity index (χ4n) is 2.63. The van der Waals surface area contributed by atoms with Gasteiger partial charge in [0.25, 0.3) is 0 Å². The monoisotopic (exact) mass is 393 g/mol. The van der Waals surface area contributed by atoms with E-state index >= 15 is 0 Å². The maximum Gasteiger partial charge on any atom is 0.338 e. The molecule has 148 valence electrons. The van der Waals surface area contributed by atoms with Gasteiger partial charge in [0.1, 0.15) is 11.6 Å². The average Bonchev–Trinajstić information content (AvgIpc) is 2.70. The molecule has 0 saturated heterocycles. The molecule has 2 N–H and O–H groups in total. The molecule has 29 heavy (non-hydrogen) atoms. The van der Waals surface area contributed by atoms with Crippen molar-refractivity contribution >= 4 is 29.1 Å². The number of carbonyl (C=O) groups excluding carboxylic acids is 2. The number of benzene rings is 2. The molecule has 1 amide bonds. The lowest BCUT2D eigenvalue weighted by molar-refractivity contribution is -0.115. The third-order valence-corrected chi connectivity index (χ3v) is 3.97. The molecule has 0 aliphatic heterocycles. The summed E-state index contributed by atoms with van der Waals surface area (Å²) in [6.07, 6.45) is 1.64. The minimum absolute atomic E-state index is 0.0618. The molecule has 0 spiro atoms. The molecule has 0 aliphatic rings. The number of nitrogens with one attached hydrogen (secondary N) is 2. The summed E-state index contributed by atoms with van der Waals surface area (Å²) in [4.78, 5) is 27.9. The van der Waals surface area contributed by atoms with E-state index in [1.807, 2.05) is 0 Å². The van der Waals surface area contributed by atoms with Crippen molar-refractivity contribution in [3.05, 3.63) is 83.8 Å². The molecule has 1 heterocycles. The normalized spacial score (nSPS) is 10.3. The number of pyridine rings is 1. The van der Waals surface area contributed by atoms with Crippen LogP contribution in [0.4, 0.5) is 21.6 Å². The minimum Gasteiger partial charge on any atom is -0.462 e. The quantitative estimate of drug-likeness (QED) is 0.584. The van der Waals surface area contributed by atoms with Crippen molar-refractivity contribution in [2.75, 3.05) is 17.2 Å². The van der Waals surface area contributed by atoms with Crippen molar-refractivity contribution in [1.29, 1.82) is 0 Å². The number of carbonyl (C=O) groups is 2. The zero-order valence-corrected chi connectivity index (χ0v) is 15.8. The predicted octanol–water partition coefficient (Wildman–Crippen LogP) is 4.32. The molecule has 2 aromatic carbocycles. The number of rotatable bonds is 7. The van der Waals surface area contributed by atoms with Gasteiger partial charge in [-0.15, -0.1) is 0 Å². The van der Waals surface area contributed by atoms with Gasteiger partial charge in [-0.3, -0.25) is 4.79 Å². The van der Waals surface area contributed by atoms with E-state index in [0.717, 1.165) is 11.4 Å². The van der Waals surface area contributed by atoms with Crippen molar-refractivity contribution in [2.24, 2.45) is 0 Å². The van der Waals surface area contributed by atoms with Gasteiger partial charge in [0.15, 0.2) is 0 Å². The van der Waals surface area contributed by atoms with Crippen LogP contribution in [0.15, 0.2) is 66.9 Å². The summed E-state index contributed by atoms with van der Waals surface area (Å²) in [5.74, 6) is -0.619. The van der Waals surface area contributed by atoms with Crippen LogP contribution in [0.5, 0.6) is 0 Å². The highest BCUT2D eigenvalue weighted by Gasteiger charge is 2.07. The van der Waals surface area contributed by atoms with Crippen LogP contribution in [0.2, 0.25) is 0 Å². The Kier molecular flexibility index (Phi) is 6.52. The minimum atomic E-state index is -0.376. The molecule has 3 aromatic rings. The van der Waals surface area contributed by atoms with Gasteiger partial charge in [0.2, 0.25) is 5.91 Å². The summed E-state index contributed by atoms with van der Waals surface area (Å²) in [5, 5.41) is 5.84. The molecule has 3 rings (SSSR count). The molecule has 0 unspecified atom stereocenters. The first-order valence-electron chi connectivity index (χ1n) is 9.08. The number of amides is 1. The highest BCUT2D eigenvalue weighted by Crippen LogP contribution is 2.18. The third kappa shape index (κ3) is 5.87. The summed E-state index contributed by atoms with van der Waals surface area (Å²) in [7, 11) is 0. The van der Waals surface area contributed by atoms with Crippen LogP contribution in [-0.2, 0) is 16.0 Å². The fourth-order valence-corrected chi connectivity index (χ4v) is 2.63. The van der Waals surface area contributed by atoms with Crippen LogP contribution >= 0.6 is 0 Å². The maximum absolute atomic E-state index is 13.2. The molecule has 0 bridgehead atoms. The Labute approximate surface area is 167 Å². The molecule has 0 radical (unpaired) electrons. The molecular formula is C22H20FN3O3. The van der Waals surface area contributed by atoms with Crippen molar-refractivity contribution in [3.63, 3.8) is 0 Å². The Bertz CT molecular complexity index is 989. The first-order valence-corrected chi connectivity index (χ1v) is 9.08. The molecule has 0 saturated carbocycles. The van der Waals surface area contributed by atoms with E-state index in [9.17, 15) is 14.0 Å². The van der Waals surface area contributed by atoms with E-state index in [1.165, 1.54) is 12.1 Å². The standard InChI is InChI=1S/C22H20FN3O3/c1-2-29-22(28)16-6-8-18(9-7-16)25-19-10-11-20(24-14-19)26-21(27)13-15-4-3-5-17(23)12-15/h3-12,14,25H,2,13H2,1H3,(H,24,26,27). The van der Waals surface area contributed by atoms with Gasteiger partial charge in [-0.1, -0.05) is 12.1 Å². The second-order valence-electron chi connectivity index (χ2n) is 6.21. The lowest BCUT2D eigenvalue weighted by Crippen LogP contribution is -2.15. The van der Waals surface area contributed by atoms with Gasteiger partial charge in [0, 0.05) is 5.69 Å². The fraction of sp³-hybridized carbons (Fsp3) is 0.136. The van der Waals surface area contributed by atoms with Crippen LogP contribution in [0.25, 0.3) is 0 Å². The average molecular weight is 393 g/mol. The number of esters is 1. The van der Waals surface area contributed by atoms with Crippen LogP contribution < -0.4 is 10.6 Å². The summed E-state index contributed by atoms with van der Waals surface area (Å²) in [5.41, 5.74) is 2.57. The van der Waals surface area contributed by atoms with Gasteiger partial charge in [-0.25, -0.2) is 14.2 Å². The van der Waals surface area contributed by atoms with Crippen LogP contribution in [-0.4, -0.2) is 23.5 Å². The predicted molar refractivity (Wildman–Crippen MR) is 109 cm³/mol. The Morgan fingerprint density at radius 1 is 1.03 bits per heavy atom. The Balaban J connectivity index is 1.56. The Morgan fingerprint density at radius 2 is 1.79 bits per heavy atom. The lowest BCUT2D eigenvalue weighted by atomic mass is 10.1. The van der Waals surface area contributed by atoms with Crippen LogP contribution in [0.1, 0.15) is 22.8 Å². The number of aromatic nitrogens is 1. The molecule has 7 heteroatoms.